The van der Waals surface area contributed by atoms with Gasteiger partial charge in [0.2, 0.25) is 5.95 Å². The van der Waals surface area contributed by atoms with E-state index in [4.69, 9.17) is 0 Å². The normalized spacial score (nSPS) is 11.1. The monoisotopic (exact) mass is 254 g/mol. The fourth-order valence-electron chi connectivity index (χ4n) is 1.62. The van der Waals surface area contributed by atoms with E-state index in [1.54, 1.807) is 13.8 Å². The third-order valence-corrected chi connectivity index (χ3v) is 2.96. The maximum Gasteiger partial charge on any atom is 0.329 e. The second kappa shape index (κ2) is 5.57. The van der Waals surface area contributed by atoms with E-state index < -0.39 is 23.4 Å². The number of amides is 1. The molecule has 6 heteroatoms. The number of pyridine rings is 1. The van der Waals surface area contributed by atoms with Gasteiger partial charge in [0.1, 0.15) is 5.54 Å². The van der Waals surface area contributed by atoms with E-state index in [0.29, 0.717) is 0 Å². The Kier molecular flexibility index (Phi) is 4.36. The predicted octanol–water partition coefficient (Wildman–Crippen LogP) is 1.59. The summed E-state index contributed by atoms with van der Waals surface area (Å²) in [5.74, 6) is -2.51. The van der Waals surface area contributed by atoms with Crippen LogP contribution in [0.2, 0.25) is 0 Å². The van der Waals surface area contributed by atoms with Crippen LogP contribution in [0.15, 0.2) is 18.3 Å². The average Bonchev–Trinajstić information content (AvgIpc) is 2.35. The summed E-state index contributed by atoms with van der Waals surface area (Å²) in [6.07, 6.45) is 1.65. The van der Waals surface area contributed by atoms with E-state index in [1.807, 2.05) is 0 Å². The van der Waals surface area contributed by atoms with Gasteiger partial charge in [0, 0.05) is 17.8 Å². The van der Waals surface area contributed by atoms with Crippen LogP contribution in [-0.4, -0.2) is 27.5 Å². The molecule has 0 radical (unpaired) electrons. The first-order valence-corrected chi connectivity index (χ1v) is 5.62. The highest BCUT2D eigenvalue weighted by molar-refractivity contribution is 5.97. The second-order valence-corrected chi connectivity index (χ2v) is 3.92. The number of carboxylic acids is 1. The quantitative estimate of drug-likeness (QED) is 0.782. The minimum Gasteiger partial charge on any atom is -0.480 e. The number of rotatable bonds is 5. The van der Waals surface area contributed by atoms with Crippen LogP contribution in [0.4, 0.5) is 4.39 Å². The topological polar surface area (TPSA) is 79.3 Å². The van der Waals surface area contributed by atoms with Gasteiger partial charge in [-0.1, -0.05) is 13.8 Å². The highest BCUT2D eigenvalue weighted by Gasteiger charge is 2.36. The summed E-state index contributed by atoms with van der Waals surface area (Å²) in [4.78, 5) is 26.4. The Labute approximate surface area is 104 Å². The summed E-state index contributed by atoms with van der Waals surface area (Å²) in [6.45, 7) is 3.34. The summed E-state index contributed by atoms with van der Waals surface area (Å²) in [5, 5.41) is 11.6. The molecule has 0 aliphatic carbocycles. The van der Waals surface area contributed by atoms with Gasteiger partial charge in [-0.25, -0.2) is 9.78 Å². The molecule has 0 fully saturated rings. The molecular formula is C12H15FN2O3. The Balaban J connectivity index is 2.95. The Hall–Kier alpha value is -1.98. The number of aromatic nitrogens is 1. The summed E-state index contributed by atoms with van der Waals surface area (Å²) in [6, 6.07) is 2.30. The molecule has 0 aliphatic rings. The minimum absolute atomic E-state index is 0.0509. The zero-order chi connectivity index (χ0) is 13.8. The van der Waals surface area contributed by atoms with Crippen LogP contribution in [0.5, 0.6) is 0 Å². The predicted molar refractivity (Wildman–Crippen MR) is 62.6 cm³/mol. The number of carboxylic acid groups (broad SMARTS) is 1. The number of aliphatic carboxylic acids is 1. The first kappa shape index (κ1) is 14.1. The molecule has 18 heavy (non-hydrogen) atoms. The number of nitrogens with zero attached hydrogens (tertiary/aromatic N) is 1. The lowest BCUT2D eigenvalue weighted by atomic mass is 9.92. The molecule has 0 bridgehead atoms. The first-order chi connectivity index (χ1) is 8.45. The minimum atomic E-state index is -1.32. The van der Waals surface area contributed by atoms with Crippen LogP contribution in [0.3, 0.4) is 0 Å². The molecule has 0 spiro atoms. The molecule has 1 aromatic heterocycles. The Morgan fingerprint density at radius 3 is 2.50 bits per heavy atom. The van der Waals surface area contributed by atoms with Crippen molar-refractivity contribution in [3.8, 4) is 0 Å². The Morgan fingerprint density at radius 2 is 2.06 bits per heavy atom. The van der Waals surface area contributed by atoms with Crippen LogP contribution in [0.1, 0.15) is 37.0 Å². The number of halogens is 1. The van der Waals surface area contributed by atoms with Gasteiger partial charge in [0.05, 0.1) is 0 Å². The number of hydrogen-bond acceptors (Lipinski definition) is 3. The van der Waals surface area contributed by atoms with Gasteiger partial charge in [-0.3, -0.25) is 4.79 Å². The number of hydrogen-bond donors (Lipinski definition) is 2. The van der Waals surface area contributed by atoms with Crippen molar-refractivity contribution in [2.75, 3.05) is 0 Å². The third-order valence-electron chi connectivity index (χ3n) is 2.96. The molecule has 0 atom stereocenters. The van der Waals surface area contributed by atoms with Crippen LogP contribution < -0.4 is 5.32 Å². The van der Waals surface area contributed by atoms with Crippen LogP contribution in [0.25, 0.3) is 0 Å². The SMILES string of the molecule is CCC(CC)(NC(=O)c1ccnc(F)c1)C(=O)O. The zero-order valence-electron chi connectivity index (χ0n) is 10.2. The summed E-state index contributed by atoms with van der Waals surface area (Å²) in [7, 11) is 0. The van der Waals surface area contributed by atoms with Gasteiger partial charge < -0.3 is 10.4 Å². The van der Waals surface area contributed by atoms with Crippen molar-refractivity contribution in [1.29, 1.82) is 0 Å². The van der Waals surface area contributed by atoms with Crippen molar-refractivity contribution < 1.29 is 19.1 Å². The van der Waals surface area contributed by atoms with Crippen LogP contribution in [0, 0.1) is 5.95 Å². The lowest BCUT2D eigenvalue weighted by Gasteiger charge is -2.28. The largest absolute Gasteiger partial charge is 0.480 e. The molecule has 0 saturated heterocycles. The summed E-state index contributed by atoms with van der Waals surface area (Å²) in [5.41, 5.74) is -1.27. The van der Waals surface area contributed by atoms with Crippen molar-refractivity contribution in [1.82, 2.24) is 10.3 Å². The molecule has 1 heterocycles. The lowest BCUT2D eigenvalue weighted by Crippen LogP contribution is -2.53. The fourth-order valence-corrected chi connectivity index (χ4v) is 1.62. The molecule has 0 aliphatic heterocycles. The molecule has 2 N–H and O–H groups in total. The lowest BCUT2D eigenvalue weighted by molar-refractivity contribution is -0.144. The Bertz CT molecular complexity index is 458. The standard InChI is InChI=1S/C12H15FN2O3/c1-3-12(4-2,11(17)18)15-10(16)8-5-6-14-9(13)7-8/h5-7H,3-4H2,1-2H3,(H,15,16)(H,17,18). The van der Waals surface area contributed by atoms with Gasteiger partial charge in [0.25, 0.3) is 5.91 Å². The van der Waals surface area contributed by atoms with Crippen molar-refractivity contribution in [2.45, 2.75) is 32.2 Å². The van der Waals surface area contributed by atoms with Gasteiger partial charge >= 0.3 is 5.97 Å². The van der Waals surface area contributed by atoms with Crippen LogP contribution in [-0.2, 0) is 4.79 Å². The van der Waals surface area contributed by atoms with Gasteiger partial charge in [-0.15, -0.1) is 0 Å². The molecule has 5 nitrogen and oxygen atoms in total. The van der Waals surface area contributed by atoms with Crippen molar-refractivity contribution >= 4 is 11.9 Å². The van der Waals surface area contributed by atoms with E-state index in [-0.39, 0.29) is 18.4 Å². The van der Waals surface area contributed by atoms with Gasteiger partial charge in [0.15, 0.2) is 0 Å². The average molecular weight is 254 g/mol. The van der Waals surface area contributed by atoms with Gasteiger partial charge in [-0.05, 0) is 18.9 Å². The highest BCUT2D eigenvalue weighted by Crippen LogP contribution is 2.16. The molecule has 0 saturated carbocycles. The molecule has 0 aromatic carbocycles. The second-order valence-electron chi connectivity index (χ2n) is 3.92. The number of carbonyl (C=O) groups is 2. The van der Waals surface area contributed by atoms with E-state index in [1.165, 1.54) is 6.07 Å². The van der Waals surface area contributed by atoms with E-state index in [9.17, 15) is 19.1 Å². The molecule has 1 amide bonds. The van der Waals surface area contributed by atoms with Crippen molar-refractivity contribution in [3.05, 3.63) is 29.8 Å². The Morgan fingerprint density at radius 1 is 1.44 bits per heavy atom. The van der Waals surface area contributed by atoms with Crippen LogP contribution >= 0.6 is 0 Å². The maximum atomic E-state index is 12.9. The van der Waals surface area contributed by atoms with E-state index in [2.05, 4.69) is 10.3 Å². The van der Waals surface area contributed by atoms with Crippen molar-refractivity contribution in [2.24, 2.45) is 0 Å². The molecule has 98 valence electrons. The van der Waals surface area contributed by atoms with E-state index in [0.717, 1.165) is 12.3 Å². The first-order valence-electron chi connectivity index (χ1n) is 5.62. The number of nitrogens with one attached hydrogen (secondary N) is 1. The zero-order valence-corrected chi connectivity index (χ0v) is 10.2. The summed E-state index contributed by atoms with van der Waals surface area (Å²) < 4.78 is 12.9. The molecule has 1 aromatic rings. The molecule has 1 rings (SSSR count). The van der Waals surface area contributed by atoms with E-state index >= 15 is 0 Å². The number of carbonyl (C=O) groups excluding carboxylic acids is 1. The molecular weight excluding hydrogens is 239 g/mol. The summed E-state index contributed by atoms with van der Waals surface area (Å²) >= 11 is 0. The maximum absolute atomic E-state index is 12.9. The van der Waals surface area contributed by atoms with Gasteiger partial charge in [-0.2, -0.15) is 4.39 Å². The molecule has 0 unspecified atom stereocenters. The smallest absolute Gasteiger partial charge is 0.329 e. The third kappa shape index (κ3) is 2.82. The van der Waals surface area contributed by atoms with Crippen molar-refractivity contribution in [3.63, 3.8) is 0 Å². The fraction of sp³-hybridized carbons (Fsp3) is 0.417. The highest BCUT2D eigenvalue weighted by atomic mass is 19.1.